The van der Waals surface area contributed by atoms with Crippen molar-refractivity contribution in [2.45, 2.75) is 52.3 Å². The Labute approximate surface area is 202 Å². The highest BCUT2D eigenvalue weighted by Gasteiger charge is 2.34. The molecule has 2 aromatic rings. The molecule has 1 aliphatic rings. The number of hydrogen-bond acceptors (Lipinski definition) is 6. The second-order valence-corrected chi connectivity index (χ2v) is 7.74. The van der Waals surface area contributed by atoms with E-state index >= 15 is 0 Å². The van der Waals surface area contributed by atoms with Crippen LogP contribution in [0, 0.1) is 5.82 Å². The van der Waals surface area contributed by atoms with Gasteiger partial charge >= 0.3 is 12.1 Å². The molecular weight excluding hydrogens is 470 g/mol. The zero-order valence-electron chi connectivity index (χ0n) is 20.2. The number of rotatable bonds is 9. The van der Waals surface area contributed by atoms with Crippen molar-refractivity contribution in [2.24, 2.45) is 0 Å². The molecule has 0 spiro atoms. The minimum Gasteiger partial charge on any atom is -0.477 e. The minimum atomic E-state index is -4.95. The Hall–Kier alpha value is -2.95. The van der Waals surface area contributed by atoms with Crippen molar-refractivity contribution < 1.29 is 36.6 Å². The third-order valence-corrected chi connectivity index (χ3v) is 5.36. The van der Waals surface area contributed by atoms with Crippen LogP contribution in [-0.2, 0) is 17.5 Å². The van der Waals surface area contributed by atoms with Gasteiger partial charge in [-0.1, -0.05) is 20.3 Å². The number of nitrogens with zero attached hydrogens (tertiary/aromatic N) is 3. The van der Waals surface area contributed by atoms with Crippen LogP contribution in [0.15, 0.2) is 24.3 Å². The number of benzene rings is 1. The average Bonchev–Trinajstić information content (AvgIpc) is 3.25. The van der Waals surface area contributed by atoms with Crippen molar-refractivity contribution >= 4 is 11.8 Å². The third kappa shape index (κ3) is 8.05. The molecule has 0 atom stereocenters. The summed E-state index contributed by atoms with van der Waals surface area (Å²) < 4.78 is 63.7. The van der Waals surface area contributed by atoms with Crippen LogP contribution >= 0.6 is 0 Å². The zero-order chi connectivity index (χ0) is 26.0. The normalized spacial score (nSPS) is 14.1. The maximum Gasteiger partial charge on any atom is 0.419 e. The molecule has 0 bridgehead atoms. The van der Waals surface area contributed by atoms with Crippen molar-refractivity contribution in [3.05, 3.63) is 46.9 Å². The fraction of sp³-hybridized carbons (Fsp3) is 0.542. The summed E-state index contributed by atoms with van der Waals surface area (Å²) in [4.78, 5) is 27.0. The van der Waals surface area contributed by atoms with E-state index in [-0.39, 0.29) is 17.1 Å². The quantitative estimate of drug-likeness (QED) is 0.209. The average molecular weight is 502 g/mol. The number of halogens is 4. The molecule has 0 N–H and O–H groups in total. The molecule has 194 valence electrons. The van der Waals surface area contributed by atoms with Crippen LogP contribution in [0.25, 0.3) is 0 Å². The molecule has 1 fully saturated rings. The molecule has 0 aliphatic carbocycles. The number of esters is 1. The van der Waals surface area contributed by atoms with E-state index in [1.807, 2.05) is 13.8 Å². The number of hydrogen-bond donors (Lipinski definition) is 0. The number of ether oxygens (including phenoxy) is 2. The lowest BCUT2D eigenvalue weighted by Gasteiger charge is -2.26. The highest BCUT2D eigenvalue weighted by atomic mass is 19.4. The van der Waals surface area contributed by atoms with Gasteiger partial charge < -0.3 is 14.4 Å². The van der Waals surface area contributed by atoms with Gasteiger partial charge in [0.15, 0.2) is 11.5 Å². The highest BCUT2D eigenvalue weighted by Crippen LogP contribution is 2.32. The topological polar surface area (TPSA) is 73.7 Å². The molecule has 2 heterocycles. The summed E-state index contributed by atoms with van der Waals surface area (Å²) in [5.74, 6) is -2.95. The van der Waals surface area contributed by atoms with E-state index in [0.717, 1.165) is 43.9 Å². The molecule has 1 aliphatic heterocycles. The van der Waals surface area contributed by atoms with Gasteiger partial charge in [0.05, 0.1) is 19.3 Å². The SMILES string of the molecule is CC.COC(=O)c1cc(OCCCN2CCCCC2)nn1CC(=O)c1ccc(F)c(C(F)(F)F)c1. The van der Waals surface area contributed by atoms with Crippen LogP contribution in [0.3, 0.4) is 0 Å². The summed E-state index contributed by atoms with van der Waals surface area (Å²) >= 11 is 0. The summed E-state index contributed by atoms with van der Waals surface area (Å²) in [6.07, 6.45) is -0.594. The van der Waals surface area contributed by atoms with Gasteiger partial charge in [-0.15, -0.1) is 5.10 Å². The Kier molecular flexibility index (Phi) is 10.7. The van der Waals surface area contributed by atoms with E-state index in [0.29, 0.717) is 18.7 Å². The number of aromatic nitrogens is 2. The number of carbonyl (C=O) groups excluding carboxylic acids is 2. The maximum atomic E-state index is 13.5. The number of likely N-dealkylation sites (tertiary alicyclic amines) is 1. The Balaban J connectivity index is 0.00000210. The van der Waals surface area contributed by atoms with Gasteiger partial charge in [-0.25, -0.2) is 13.9 Å². The first kappa shape index (κ1) is 28.3. The van der Waals surface area contributed by atoms with E-state index in [1.165, 1.54) is 25.3 Å². The number of alkyl halides is 3. The van der Waals surface area contributed by atoms with Gasteiger partial charge in [-0.05, 0) is 50.6 Å². The summed E-state index contributed by atoms with van der Waals surface area (Å²) in [5.41, 5.74) is -1.99. The second-order valence-electron chi connectivity index (χ2n) is 7.74. The van der Waals surface area contributed by atoms with E-state index < -0.39 is 35.9 Å². The second kappa shape index (κ2) is 13.2. The van der Waals surface area contributed by atoms with Gasteiger partial charge in [-0.3, -0.25) is 4.79 Å². The van der Waals surface area contributed by atoms with Crippen LogP contribution in [0.5, 0.6) is 5.88 Å². The molecular formula is C24H31F4N3O4. The van der Waals surface area contributed by atoms with Crippen LogP contribution in [0.1, 0.15) is 65.9 Å². The van der Waals surface area contributed by atoms with E-state index in [4.69, 9.17) is 9.47 Å². The molecule has 11 heteroatoms. The lowest BCUT2D eigenvalue weighted by Crippen LogP contribution is -2.31. The summed E-state index contributed by atoms with van der Waals surface area (Å²) in [7, 11) is 1.15. The van der Waals surface area contributed by atoms with E-state index in [2.05, 4.69) is 10.00 Å². The molecule has 1 saturated heterocycles. The van der Waals surface area contributed by atoms with E-state index in [1.54, 1.807) is 0 Å². The van der Waals surface area contributed by atoms with E-state index in [9.17, 15) is 27.2 Å². The molecule has 0 radical (unpaired) electrons. The lowest BCUT2D eigenvalue weighted by atomic mass is 10.1. The van der Waals surface area contributed by atoms with Crippen molar-refractivity contribution in [2.75, 3.05) is 33.4 Å². The molecule has 0 amide bonds. The van der Waals surface area contributed by atoms with Gasteiger partial charge in [0.2, 0.25) is 5.88 Å². The largest absolute Gasteiger partial charge is 0.477 e. The van der Waals surface area contributed by atoms with Crippen molar-refractivity contribution in [1.29, 1.82) is 0 Å². The number of ketones is 1. The zero-order valence-corrected chi connectivity index (χ0v) is 20.2. The van der Waals surface area contributed by atoms with Crippen LogP contribution in [0.2, 0.25) is 0 Å². The first-order valence-corrected chi connectivity index (χ1v) is 11.6. The van der Waals surface area contributed by atoms with Gasteiger partial charge in [0.25, 0.3) is 0 Å². The van der Waals surface area contributed by atoms with Crippen molar-refractivity contribution in [3.63, 3.8) is 0 Å². The minimum absolute atomic E-state index is 0.0879. The molecule has 1 aromatic heterocycles. The highest BCUT2D eigenvalue weighted by molar-refractivity contribution is 5.97. The molecule has 0 unspecified atom stereocenters. The number of piperidine rings is 1. The number of methoxy groups -OCH3 is 1. The van der Waals surface area contributed by atoms with Crippen LogP contribution in [0.4, 0.5) is 17.6 Å². The van der Waals surface area contributed by atoms with Crippen LogP contribution in [-0.4, -0.2) is 59.8 Å². The lowest BCUT2D eigenvalue weighted by molar-refractivity contribution is -0.140. The van der Waals surface area contributed by atoms with Gasteiger partial charge in [0.1, 0.15) is 12.4 Å². The van der Waals surface area contributed by atoms with Crippen molar-refractivity contribution in [1.82, 2.24) is 14.7 Å². The predicted octanol–water partition coefficient (Wildman–Crippen LogP) is 4.99. The number of Topliss-reactive ketones (excluding diaryl/α,β-unsaturated/α-hetero) is 1. The monoisotopic (exact) mass is 501 g/mol. The fourth-order valence-electron chi connectivity index (χ4n) is 3.64. The summed E-state index contributed by atoms with van der Waals surface area (Å²) in [5, 5.41) is 4.08. The molecule has 1 aromatic carbocycles. The first-order chi connectivity index (χ1) is 16.7. The fourth-order valence-corrected chi connectivity index (χ4v) is 3.64. The van der Waals surface area contributed by atoms with Crippen LogP contribution < -0.4 is 4.74 Å². The summed E-state index contributed by atoms with van der Waals surface area (Å²) in [6, 6.07) is 3.28. The smallest absolute Gasteiger partial charge is 0.419 e. The molecule has 0 saturated carbocycles. The third-order valence-electron chi connectivity index (χ3n) is 5.36. The Morgan fingerprint density at radius 2 is 1.77 bits per heavy atom. The first-order valence-electron chi connectivity index (χ1n) is 11.6. The Morgan fingerprint density at radius 1 is 1.09 bits per heavy atom. The predicted molar refractivity (Wildman–Crippen MR) is 121 cm³/mol. The molecule has 7 nitrogen and oxygen atoms in total. The number of carbonyl (C=O) groups is 2. The maximum absolute atomic E-state index is 13.5. The Morgan fingerprint density at radius 3 is 2.40 bits per heavy atom. The molecule has 3 rings (SSSR count). The molecule has 35 heavy (non-hydrogen) atoms. The van der Waals surface area contributed by atoms with Gasteiger partial charge in [-0.2, -0.15) is 13.2 Å². The standard InChI is InChI=1S/C22H25F4N3O4.C2H6/c1-32-21(31)18-13-20(33-11-5-10-28-8-3-2-4-9-28)27-29(18)14-19(30)15-6-7-17(23)16(12-15)22(24,25)26;1-2/h6-7,12-13H,2-5,8-11,14H2,1H3;1-2H3. The summed E-state index contributed by atoms with van der Waals surface area (Å²) in [6.45, 7) is 6.78. The Bertz CT molecular complexity index is 986. The van der Waals surface area contributed by atoms with Crippen molar-refractivity contribution in [3.8, 4) is 5.88 Å². The van der Waals surface area contributed by atoms with Gasteiger partial charge in [0, 0.05) is 18.2 Å².